The minimum absolute atomic E-state index is 0.158. The smallest absolute Gasteiger partial charge is 0.134 e. The van der Waals surface area contributed by atoms with Crippen LogP contribution in [0.3, 0.4) is 0 Å². The molecule has 2 N–H and O–H groups in total. The van der Waals surface area contributed by atoms with Crippen LogP contribution in [0.2, 0.25) is 0 Å². The first-order valence-corrected chi connectivity index (χ1v) is 13.6. The number of allylic oxidation sites excluding steroid dienone is 7. The molecule has 0 amide bonds. The van der Waals surface area contributed by atoms with Crippen molar-refractivity contribution in [1.82, 2.24) is 10.2 Å². The zero-order valence-electron chi connectivity index (χ0n) is 21.1. The number of piperazine rings is 1. The summed E-state index contributed by atoms with van der Waals surface area (Å²) in [6, 6.07) is 5.09. The first-order valence-electron chi connectivity index (χ1n) is 12.8. The molecule has 3 aliphatic rings. The molecule has 5 rings (SSSR count). The van der Waals surface area contributed by atoms with Crippen LogP contribution in [0.25, 0.3) is 12.2 Å². The van der Waals surface area contributed by atoms with Gasteiger partial charge in [-0.15, -0.1) is 11.3 Å². The van der Waals surface area contributed by atoms with Crippen molar-refractivity contribution in [3.8, 4) is 0 Å². The standard InChI is InChI=1S/C30H32F2N4S/c1-3-7-25-27(4-2)37-30-28(25)29(34-18-21-11-12-23(32)17-26(21)35-30)36-15-14-33-24(19-36)13-10-20-8-5-6-9-22(31)16-20/h3-5,7-9,11-12,16-17,24,33,35H,2,6,10,13-15,18-19H2,1H3/b7-3-,34-29?/t24-/m0/s1. The van der Waals surface area contributed by atoms with E-state index in [1.807, 2.05) is 31.2 Å². The van der Waals surface area contributed by atoms with Crippen LogP contribution in [-0.4, -0.2) is 36.4 Å². The molecule has 1 atom stereocenters. The van der Waals surface area contributed by atoms with Gasteiger partial charge in [-0.2, -0.15) is 0 Å². The average molecular weight is 519 g/mol. The van der Waals surface area contributed by atoms with Crippen LogP contribution in [0, 0.1) is 5.82 Å². The van der Waals surface area contributed by atoms with Gasteiger partial charge in [-0.3, -0.25) is 4.99 Å². The maximum absolute atomic E-state index is 14.1. The van der Waals surface area contributed by atoms with E-state index in [0.29, 0.717) is 13.0 Å². The number of benzene rings is 1. The molecular formula is C30H32F2N4S. The van der Waals surface area contributed by atoms with Crippen LogP contribution in [0.5, 0.6) is 0 Å². The van der Waals surface area contributed by atoms with Gasteiger partial charge in [0.25, 0.3) is 0 Å². The van der Waals surface area contributed by atoms with Crippen LogP contribution in [0.4, 0.5) is 19.5 Å². The van der Waals surface area contributed by atoms with Crippen LogP contribution in [-0.2, 0) is 6.54 Å². The Balaban J connectivity index is 1.46. The molecule has 2 aliphatic heterocycles. The summed E-state index contributed by atoms with van der Waals surface area (Å²) in [6.07, 6.45) is 15.7. The minimum Gasteiger partial charge on any atom is -0.353 e. The highest BCUT2D eigenvalue weighted by atomic mass is 32.1. The van der Waals surface area contributed by atoms with E-state index in [4.69, 9.17) is 4.99 Å². The lowest BCUT2D eigenvalue weighted by Gasteiger charge is -2.37. The topological polar surface area (TPSA) is 39.7 Å². The number of amidine groups is 1. The van der Waals surface area contributed by atoms with E-state index in [9.17, 15) is 8.78 Å². The highest BCUT2D eigenvalue weighted by Crippen LogP contribution is 2.40. The maximum Gasteiger partial charge on any atom is 0.134 e. The number of nitrogens with zero attached hydrogens (tertiary/aromatic N) is 2. The Bertz CT molecular complexity index is 1330. The fraction of sp³-hybridized carbons (Fsp3) is 0.300. The van der Waals surface area contributed by atoms with Crippen molar-refractivity contribution in [2.75, 3.05) is 25.0 Å². The Hall–Kier alpha value is -3.29. The summed E-state index contributed by atoms with van der Waals surface area (Å²) >= 11 is 1.61. The Morgan fingerprint density at radius 1 is 1.30 bits per heavy atom. The Kier molecular flexibility index (Phi) is 7.82. The molecular weight excluding hydrogens is 486 g/mol. The maximum atomic E-state index is 14.1. The van der Waals surface area contributed by atoms with Gasteiger partial charge >= 0.3 is 0 Å². The molecule has 192 valence electrons. The van der Waals surface area contributed by atoms with Crippen molar-refractivity contribution in [3.63, 3.8) is 0 Å². The van der Waals surface area contributed by atoms with Crippen molar-refractivity contribution in [3.05, 3.63) is 93.9 Å². The van der Waals surface area contributed by atoms with Crippen LogP contribution >= 0.6 is 11.3 Å². The molecule has 7 heteroatoms. The van der Waals surface area contributed by atoms with Crippen molar-refractivity contribution in [1.29, 1.82) is 0 Å². The lowest BCUT2D eigenvalue weighted by molar-refractivity contribution is 0.281. The van der Waals surface area contributed by atoms with Gasteiger partial charge in [-0.1, -0.05) is 43.0 Å². The SMILES string of the molecule is C=Cc1sc2c(c1/C=C\C)C(N1CCN[C@@H](CCC3=CC(F)=CCC=C3)C1)=NCc1ccc(F)cc1N2. The second-order valence-corrected chi connectivity index (χ2v) is 10.5. The zero-order valence-corrected chi connectivity index (χ0v) is 21.9. The summed E-state index contributed by atoms with van der Waals surface area (Å²) in [5.74, 6) is 0.518. The molecule has 4 nitrogen and oxygen atoms in total. The van der Waals surface area contributed by atoms with E-state index >= 15 is 0 Å². The van der Waals surface area contributed by atoms with Crippen molar-refractivity contribution in [2.24, 2.45) is 4.99 Å². The second-order valence-electron chi connectivity index (χ2n) is 9.44. The second kappa shape index (κ2) is 11.4. The third-order valence-corrected chi connectivity index (χ3v) is 7.99. The molecule has 0 bridgehead atoms. The lowest BCUT2D eigenvalue weighted by Crippen LogP contribution is -2.53. The highest BCUT2D eigenvalue weighted by Gasteiger charge is 2.29. The summed E-state index contributed by atoms with van der Waals surface area (Å²) in [4.78, 5) is 8.54. The van der Waals surface area contributed by atoms with E-state index in [-0.39, 0.29) is 17.7 Å². The molecule has 2 aromatic rings. The van der Waals surface area contributed by atoms with E-state index in [1.165, 1.54) is 12.1 Å². The van der Waals surface area contributed by atoms with Crippen LogP contribution < -0.4 is 10.6 Å². The third kappa shape index (κ3) is 5.68. The molecule has 1 aromatic carbocycles. The van der Waals surface area contributed by atoms with Gasteiger partial charge < -0.3 is 15.5 Å². The molecule has 0 radical (unpaired) electrons. The Morgan fingerprint density at radius 2 is 2.19 bits per heavy atom. The van der Waals surface area contributed by atoms with Gasteiger partial charge in [0.05, 0.1) is 12.1 Å². The van der Waals surface area contributed by atoms with Gasteiger partial charge in [-0.05, 0) is 61.6 Å². The van der Waals surface area contributed by atoms with Gasteiger partial charge in [0.15, 0.2) is 0 Å². The number of rotatable bonds is 5. The minimum atomic E-state index is -0.272. The number of anilines is 2. The molecule has 1 saturated heterocycles. The number of thiophene rings is 1. The van der Waals surface area contributed by atoms with Crippen LogP contribution in [0.15, 0.2) is 71.6 Å². The normalized spacial score (nSPS) is 19.6. The summed E-state index contributed by atoms with van der Waals surface area (Å²) in [7, 11) is 0. The first kappa shape index (κ1) is 25.4. The predicted molar refractivity (Wildman–Crippen MR) is 153 cm³/mol. The predicted octanol–water partition coefficient (Wildman–Crippen LogP) is 7.36. The highest BCUT2D eigenvalue weighted by molar-refractivity contribution is 7.17. The molecule has 0 spiro atoms. The van der Waals surface area contributed by atoms with Crippen molar-refractivity contribution < 1.29 is 8.78 Å². The Morgan fingerprint density at radius 3 is 3.03 bits per heavy atom. The lowest BCUT2D eigenvalue weighted by atomic mass is 10.0. The number of halogens is 2. The summed E-state index contributed by atoms with van der Waals surface area (Å²) < 4.78 is 28.0. The van der Waals surface area contributed by atoms with Gasteiger partial charge in [-0.25, -0.2) is 8.78 Å². The number of aliphatic imine (C=N–C) groups is 1. The fourth-order valence-corrected chi connectivity index (χ4v) is 6.12. The molecule has 0 unspecified atom stereocenters. The molecule has 0 saturated carbocycles. The molecule has 1 aliphatic carbocycles. The number of nitrogens with one attached hydrogen (secondary N) is 2. The summed E-state index contributed by atoms with van der Waals surface area (Å²) in [5.41, 5.74) is 4.84. The first-order chi connectivity index (χ1) is 18.1. The van der Waals surface area contributed by atoms with Gasteiger partial charge in [0.2, 0.25) is 0 Å². The van der Waals surface area contributed by atoms with E-state index in [1.54, 1.807) is 29.6 Å². The zero-order chi connectivity index (χ0) is 25.8. The van der Waals surface area contributed by atoms with E-state index in [2.05, 4.69) is 28.2 Å². The fourth-order valence-electron chi connectivity index (χ4n) is 5.07. The monoisotopic (exact) mass is 518 g/mol. The molecule has 1 aromatic heterocycles. The summed E-state index contributed by atoms with van der Waals surface area (Å²) in [5, 5.41) is 8.10. The van der Waals surface area contributed by atoms with Crippen LogP contribution in [0.1, 0.15) is 47.8 Å². The number of hydrogen-bond acceptors (Lipinski definition) is 5. The number of hydrogen-bond donors (Lipinski definition) is 2. The summed E-state index contributed by atoms with van der Waals surface area (Å²) in [6.45, 7) is 8.98. The molecule has 37 heavy (non-hydrogen) atoms. The van der Waals surface area contributed by atoms with Crippen molar-refractivity contribution >= 4 is 40.0 Å². The van der Waals surface area contributed by atoms with E-state index in [0.717, 1.165) is 76.1 Å². The average Bonchev–Trinajstić information content (AvgIpc) is 3.06. The van der Waals surface area contributed by atoms with Crippen molar-refractivity contribution in [2.45, 2.75) is 38.8 Å². The third-order valence-electron chi connectivity index (χ3n) is 6.88. The molecule has 1 fully saturated rings. The van der Waals surface area contributed by atoms with E-state index < -0.39 is 0 Å². The quantitative estimate of drug-likeness (QED) is 0.434. The molecule has 3 heterocycles. The van der Waals surface area contributed by atoms with Gasteiger partial charge in [0, 0.05) is 41.8 Å². The Labute approximate surface area is 221 Å². The number of fused-ring (bicyclic) bond motifs is 2. The largest absolute Gasteiger partial charge is 0.353 e. The van der Waals surface area contributed by atoms with Gasteiger partial charge in [0.1, 0.15) is 22.5 Å².